The predicted octanol–water partition coefficient (Wildman–Crippen LogP) is -0.510. The fourth-order valence-corrected chi connectivity index (χ4v) is 3.07. The topological polar surface area (TPSA) is 114 Å². The maximum atomic E-state index is 10.1. The number of likely N-dealkylation sites (tertiary alicyclic amines) is 1. The molecule has 2 rings (SSSR count). The van der Waals surface area contributed by atoms with E-state index in [0.29, 0.717) is 11.6 Å². The van der Waals surface area contributed by atoms with Gasteiger partial charge in [-0.2, -0.15) is 0 Å². The Labute approximate surface area is 157 Å². The van der Waals surface area contributed by atoms with E-state index >= 15 is 0 Å². The Morgan fingerprint density at radius 3 is 2.54 bits per heavy atom. The van der Waals surface area contributed by atoms with E-state index in [9.17, 15) is 25.5 Å². The number of hydrogen-bond acceptors (Lipinski definition) is 7. The number of β-amino-alcohol motifs (C(OH)–C–C–N with tert-alkyl or cyclic N) is 2. The van der Waals surface area contributed by atoms with E-state index in [1.165, 1.54) is 0 Å². The lowest BCUT2D eigenvalue weighted by atomic mass is 9.94. The summed E-state index contributed by atoms with van der Waals surface area (Å²) in [4.78, 5) is 1.56. The quantitative estimate of drug-likeness (QED) is 0.382. The third-order valence-corrected chi connectivity index (χ3v) is 4.62. The largest absolute Gasteiger partial charge is 0.395 e. The van der Waals surface area contributed by atoms with Crippen molar-refractivity contribution in [3.63, 3.8) is 0 Å². The summed E-state index contributed by atoms with van der Waals surface area (Å²) in [6.45, 7) is 0.147. The molecule has 1 saturated heterocycles. The molecule has 1 aliphatic heterocycles. The van der Waals surface area contributed by atoms with Crippen LogP contribution in [0.2, 0.25) is 5.02 Å². The van der Waals surface area contributed by atoms with Gasteiger partial charge in [-0.1, -0.05) is 35.9 Å². The first-order valence-corrected chi connectivity index (χ1v) is 8.87. The Morgan fingerprint density at radius 2 is 1.88 bits per heavy atom. The molecule has 0 radical (unpaired) electrons. The lowest BCUT2D eigenvalue weighted by Gasteiger charge is -2.43. The maximum absolute atomic E-state index is 10.1. The van der Waals surface area contributed by atoms with Gasteiger partial charge in [-0.05, 0) is 17.7 Å². The number of nitrogens with zero attached hydrogens (tertiary/aromatic N) is 1. The van der Waals surface area contributed by atoms with Gasteiger partial charge in [0.1, 0.15) is 12.2 Å². The van der Waals surface area contributed by atoms with Gasteiger partial charge in [-0.15, -0.1) is 0 Å². The molecule has 0 saturated carbocycles. The number of ether oxygens (including phenoxy) is 1. The van der Waals surface area contributed by atoms with Gasteiger partial charge in [0, 0.05) is 18.1 Å². The third kappa shape index (κ3) is 6.00. The monoisotopic (exact) mass is 387 g/mol. The van der Waals surface area contributed by atoms with Crippen molar-refractivity contribution in [2.24, 2.45) is 0 Å². The molecule has 0 aliphatic carbocycles. The molecule has 1 unspecified atom stereocenters. The molecular formula is C18H26ClNO6. The molecule has 146 valence electrons. The second-order valence-electron chi connectivity index (χ2n) is 6.40. The number of halogens is 1. The van der Waals surface area contributed by atoms with Crippen molar-refractivity contribution in [2.75, 3.05) is 32.9 Å². The first-order valence-electron chi connectivity index (χ1n) is 8.49. The van der Waals surface area contributed by atoms with Crippen molar-refractivity contribution in [1.82, 2.24) is 4.90 Å². The fourth-order valence-electron chi connectivity index (χ4n) is 2.94. The highest BCUT2D eigenvalue weighted by Gasteiger charge is 2.41. The van der Waals surface area contributed by atoms with Crippen LogP contribution in [-0.2, 0) is 4.74 Å². The Balaban J connectivity index is 1.74. The molecular weight excluding hydrogens is 362 g/mol. The van der Waals surface area contributed by atoms with Crippen LogP contribution in [0.4, 0.5) is 0 Å². The number of aliphatic hydroxyl groups excluding tert-OH is 5. The van der Waals surface area contributed by atoms with Crippen molar-refractivity contribution in [2.45, 2.75) is 30.5 Å². The van der Waals surface area contributed by atoms with E-state index in [2.05, 4.69) is 0 Å². The van der Waals surface area contributed by atoms with Gasteiger partial charge in [0.15, 0.2) is 0 Å². The summed E-state index contributed by atoms with van der Waals surface area (Å²) >= 11 is 5.82. The van der Waals surface area contributed by atoms with Gasteiger partial charge >= 0.3 is 0 Å². The SMILES string of the molecule is OC[C@@H]1[C@@H](O)[C@@H](O)[C@@H](O)CN1CC(O)COC/C=C/c1ccc(Cl)cc1. The molecule has 7 nitrogen and oxygen atoms in total. The molecule has 26 heavy (non-hydrogen) atoms. The highest BCUT2D eigenvalue weighted by atomic mass is 35.5. The van der Waals surface area contributed by atoms with Crippen LogP contribution in [0, 0.1) is 0 Å². The zero-order valence-corrected chi connectivity index (χ0v) is 15.1. The van der Waals surface area contributed by atoms with Crippen LogP contribution in [0.25, 0.3) is 6.08 Å². The summed E-state index contributed by atoms with van der Waals surface area (Å²) in [5, 5.41) is 49.5. The lowest BCUT2D eigenvalue weighted by molar-refractivity contribution is -0.151. The van der Waals surface area contributed by atoms with E-state index in [4.69, 9.17) is 16.3 Å². The first-order chi connectivity index (χ1) is 12.4. The van der Waals surface area contributed by atoms with Gasteiger partial charge in [-0.3, -0.25) is 4.90 Å². The van der Waals surface area contributed by atoms with Crippen LogP contribution in [-0.4, -0.2) is 93.8 Å². The average Bonchev–Trinajstić information content (AvgIpc) is 2.61. The maximum Gasteiger partial charge on any atom is 0.109 e. The highest BCUT2D eigenvalue weighted by Crippen LogP contribution is 2.19. The van der Waals surface area contributed by atoms with Crippen LogP contribution < -0.4 is 0 Å². The van der Waals surface area contributed by atoms with Gasteiger partial charge < -0.3 is 30.3 Å². The molecule has 0 aromatic heterocycles. The molecule has 5 atom stereocenters. The Kier molecular flexibility index (Phi) is 8.46. The predicted molar refractivity (Wildman–Crippen MR) is 97.8 cm³/mol. The molecule has 0 amide bonds. The minimum absolute atomic E-state index is 0.0526. The molecule has 0 spiro atoms. The van der Waals surface area contributed by atoms with Crippen molar-refractivity contribution >= 4 is 17.7 Å². The van der Waals surface area contributed by atoms with Crippen LogP contribution in [0.3, 0.4) is 0 Å². The molecule has 1 fully saturated rings. The molecule has 1 aromatic rings. The minimum Gasteiger partial charge on any atom is -0.395 e. The number of hydrogen-bond donors (Lipinski definition) is 5. The summed E-state index contributed by atoms with van der Waals surface area (Å²) in [5.74, 6) is 0. The van der Waals surface area contributed by atoms with Crippen molar-refractivity contribution in [1.29, 1.82) is 0 Å². The third-order valence-electron chi connectivity index (χ3n) is 4.37. The van der Waals surface area contributed by atoms with Gasteiger partial charge in [0.05, 0.1) is 38.1 Å². The summed E-state index contributed by atoms with van der Waals surface area (Å²) in [6.07, 6.45) is -0.889. The number of piperidine rings is 1. The minimum atomic E-state index is -1.31. The number of aliphatic hydroxyl groups is 5. The standard InChI is InChI=1S/C18H26ClNO6/c19-13-5-3-12(4-6-13)2-1-7-26-11-14(22)8-20-9-16(23)18(25)17(24)15(20)10-21/h1-6,14-18,21-25H,7-11H2/b2-1+/t14?,15-,16+,17-,18+/m1/s1. The summed E-state index contributed by atoms with van der Waals surface area (Å²) < 4.78 is 5.40. The Hall–Kier alpha value is -1.03. The van der Waals surface area contributed by atoms with E-state index in [1.807, 2.05) is 24.3 Å². The Bertz CT molecular complexity index is 569. The summed E-state index contributed by atoms with van der Waals surface area (Å²) in [6, 6.07) is 6.60. The van der Waals surface area contributed by atoms with Gasteiger partial charge in [-0.25, -0.2) is 0 Å². The van der Waals surface area contributed by atoms with E-state index in [-0.39, 0.29) is 26.3 Å². The van der Waals surface area contributed by atoms with Gasteiger partial charge in [0.2, 0.25) is 0 Å². The first kappa shape index (κ1) is 21.3. The highest BCUT2D eigenvalue weighted by molar-refractivity contribution is 6.30. The molecule has 0 bridgehead atoms. The van der Waals surface area contributed by atoms with Crippen molar-refractivity contribution in [3.05, 3.63) is 40.9 Å². The Morgan fingerprint density at radius 1 is 1.19 bits per heavy atom. The van der Waals surface area contributed by atoms with Crippen molar-refractivity contribution < 1.29 is 30.3 Å². The van der Waals surface area contributed by atoms with Crippen LogP contribution >= 0.6 is 11.6 Å². The van der Waals surface area contributed by atoms with E-state index in [0.717, 1.165) is 5.56 Å². The second-order valence-corrected chi connectivity index (χ2v) is 6.83. The smallest absolute Gasteiger partial charge is 0.109 e. The normalized spacial score (nSPS) is 28.5. The zero-order chi connectivity index (χ0) is 19.1. The number of rotatable bonds is 8. The molecule has 1 heterocycles. The lowest BCUT2D eigenvalue weighted by Crippen LogP contribution is -2.63. The van der Waals surface area contributed by atoms with E-state index < -0.39 is 30.5 Å². The van der Waals surface area contributed by atoms with Crippen molar-refractivity contribution in [3.8, 4) is 0 Å². The van der Waals surface area contributed by atoms with Gasteiger partial charge in [0.25, 0.3) is 0 Å². The molecule has 1 aliphatic rings. The molecule has 1 aromatic carbocycles. The van der Waals surface area contributed by atoms with E-state index in [1.54, 1.807) is 17.0 Å². The van der Waals surface area contributed by atoms with Crippen LogP contribution in [0.15, 0.2) is 30.3 Å². The average molecular weight is 388 g/mol. The van der Waals surface area contributed by atoms with Crippen LogP contribution in [0.1, 0.15) is 5.56 Å². The number of benzene rings is 1. The van der Waals surface area contributed by atoms with Crippen LogP contribution in [0.5, 0.6) is 0 Å². The molecule has 8 heteroatoms. The summed E-state index contributed by atoms with van der Waals surface area (Å²) in [5.41, 5.74) is 0.985. The second kappa shape index (κ2) is 10.3. The fraction of sp³-hybridized carbons (Fsp3) is 0.556. The molecule has 5 N–H and O–H groups in total. The summed E-state index contributed by atoms with van der Waals surface area (Å²) in [7, 11) is 0. The zero-order valence-electron chi connectivity index (χ0n) is 14.4.